The molecule has 2 aromatic carbocycles. The Morgan fingerprint density at radius 1 is 0.971 bits per heavy atom. The number of carboxylic acids is 1. The summed E-state index contributed by atoms with van der Waals surface area (Å²) in [5.74, 6) is -1.58. The van der Waals surface area contributed by atoms with Crippen LogP contribution in [-0.2, 0) is 14.3 Å². The number of alkyl carbamates (subject to hydrolysis) is 1. The zero-order valence-corrected chi connectivity index (χ0v) is 20.3. The van der Waals surface area contributed by atoms with Crippen LogP contribution in [0, 0.1) is 11.8 Å². The van der Waals surface area contributed by atoms with Crippen molar-refractivity contribution >= 4 is 18.0 Å². The fourth-order valence-corrected chi connectivity index (χ4v) is 5.36. The fourth-order valence-electron chi connectivity index (χ4n) is 5.36. The number of rotatable bonds is 8. The van der Waals surface area contributed by atoms with E-state index in [-0.39, 0.29) is 36.8 Å². The smallest absolute Gasteiger partial charge is 0.407 e. The highest BCUT2D eigenvalue weighted by molar-refractivity contribution is 5.81. The summed E-state index contributed by atoms with van der Waals surface area (Å²) < 4.78 is 5.60. The molecule has 0 aliphatic heterocycles. The molecule has 1 fully saturated rings. The molecule has 0 bridgehead atoms. The van der Waals surface area contributed by atoms with Gasteiger partial charge in [-0.25, -0.2) is 4.79 Å². The Kier molecular flexibility index (Phi) is 7.73. The summed E-state index contributed by atoms with van der Waals surface area (Å²) in [4.78, 5) is 36.6. The highest BCUT2D eigenvalue weighted by atomic mass is 16.5. The van der Waals surface area contributed by atoms with E-state index in [0.29, 0.717) is 0 Å². The van der Waals surface area contributed by atoms with Gasteiger partial charge in [0.05, 0.1) is 12.3 Å². The number of carboxylic acid groups (broad SMARTS) is 1. The summed E-state index contributed by atoms with van der Waals surface area (Å²) in [5.41, 5.74) is 4.62. The second-order valence-electron chi connectivity index (χ2n) is 9.80. The summed E-state index contributed by atoms with van der Waals surface area (Å²) in [6.07, 6.45) is 3.06. The minimum absolute atomic E-state index is 0.0263. The van der Waals surface area contributed by atoms with Crippen LogP contribution >= 0.6 is 0 Å². The summed E-state index contributed by atoms with van der Waals surface area (Å²) in [6.45, 7) is 3.76. The number of aliphatic carboxylic acids is 1. The molecular weight excluding hydrogens is 444 g/mol. The largest absolute Gasteiger partial charge is 0.481 e. The van der Waals surface area contributed by atoms with Gasteiger partial charge in [0.15, 0.2) is 0 Å². The molecule has 2 aliphatic carbocycles. The second-order valence-corrected chi connectivity index (χ2v) is 9.80. The number of benzene rings is 2. The van der Waals surface area contributed by atoms with Gasteiger partial charge in [-0.15, -0.1) is 0 Å². The van der Waals surface area contributed by atoms with Crippen LogP contribution in [0.2, 0.25) is 0 Å². The lowest BCUT2D eigenvalue weighted by Gasteiger charge is -2.33. The van der Waals surface area contributed by atoms with E-state index in [9.17, 15) is 19.5 Å². The van der Waals surface area contributed by atoms with E-state index < -0.39 is 24.0 Å². The Labute approximate surface area is 206 Å². The van der Waals surface area contributed by atoms with Gasteiger partial charge < -0.3 is 20.5 Å². The van der Waals surface area contributed by atoms with Crippen LogP contribution in [0.25, 0.3) is 11.1 Å². The van der Waals surface area contributed by atoms with Crippen molar-refractivity contribution in [2.24, 2.45) is 11.8 Å². The van der Waals surface area contributed by atoms with Gasteiger partial charge in [-0.2, -0.15) is 0 Å². The summed E-state index contributed by atoms with van der Waals surface area (Å²) in [7, 11) is 0. The van der Waals surface area contributed by atoms with Gasteiger partial charge in [0.2, 0.25) is 5.91 Å². The highest BCUT2D eigenvalue weighted by Crippen LogP contribution is 2.44. The highest BCUT2D eigenvalue weighted by Gasteiger charge is 2.32. The van der Waals surface area contributed by atoms with E-state index in [1.54, 1.807) is 13.8 Å². The number of carbonyl (C=O) groups is 3. The number of nitrogens with one attached hydrogen (secondary N) is 2. The van der Waals surface area contributed by atoms with Crippen molar-refractivity contribution in [2.45, 2.75) is 64.0 Å². The molecule has 0 spiro atoms. The molecule has 0 saturated heterocycles. The zero-order valence-electron chi connectivity index (χ0n) is 20.3. The van der Waals surface area contributed by atoms with Crippen LogP contribution in [0.4, 0.5) is 4.79 Å². The molecule has 4 unspecified atom stereocenters. The molecule has 0 radical (unpaired) electrons. The molecule has 186 valence electrons. The molecule has 7 nitrogen and oxygen atoms in total. The number of fused-ring (bicyclic) bond motifs is 3. The van der Waals surface area contributed by atoms with Crippen molar-refractivity contribution in [1.29, 1.82) is 0 Å². The zero-order chi connectivity index (χ0) is 24.9. The molecule has 0 heterocycles. The maximum absolute atomic E-state index is 12.9. The van der Waals surface area contributed by atoms with Crippen LogP contribution < -0.4 is 10.6 Å². The predicted octanol–water partition coefficient (Wildman–Crippen LogP) is 4.70. The van der Waals surface area contributed by atoms with Crippen LogP contribution in [0.15, 0.2) is 48.5 Å². The monoisotopic (exact) mass is 478 g/mol. The average Bonchev–Trinajstić information content (AvgIpc) is 3.17. The molecule has 3 N–H and O–H groups in total. The Morgan fingerprint density at radius 2 is 1.57 bits per heavy atom. The lowest BCUT2D eigenvalue weighted by Crippen LogP contribution is -2.49. The third kappa shape index (κ3) is 5.66. The van der Waals surface area contributed by atoms with E-state index in [1.807, 2.05) is 24.3 Å². The number of ether oxygens (including phenoxy) is 1. The SMILES string of the molecule is CC(NC(=O)OCC1c2ccccc2-c2ccccc21)C(C)C(=O)NC1CCCCC1CC(=O)O. The minimum Gasteiger partial charge on any atom is -0.481 e. The molecule has 2 aliphatic rings. The maximum Gasteiger partial charge on any atom is 0.407 e. The maximum atomic E-state index is 12.9. The average molecular weight is 479 g/mol. The summed E-state index contributed by atoms with van der Waals surface area (Å²) in [6, 6.07) is 15.7. The third-order valence-corrected chi connectivity index (χ3v) is 7.53. The van der Waals surface area contributed by atoms with Gasteiger partial charge in [0, 0.05) is 18.0 Å². The molecule has 4 rings (SSSR count). The van der Waals surface area contributed by atoms with Crippen molar-refractivity contribution in [2.75, 3.05) is 6.61 Å². The molecule has 1 saturated carbocycles. The number of hydrogen-bond acceptors (Lipinski definition) is 4. The van der Waals surface area contributed by atoms with Crippen LogP contribution in [0.1, 0.15) is 63.0 Å². The summed E-state index contributed by atoms with van der Waals surface area (Å²) in [5, 5.41) is 15.0. The third-order valence-electron chi connectivity index (χ3n) is 7.53. The van der Waals surface area contributed by atoms with E-state index in [0.717, 1.165) is 36.8 Å². The van der Waals surface area contributed by atoms with Gasteiger partial charge in [0.25, 0.3) is 0 Å². The van der Waals surface area contributed by atoms with Crippen LogP contribution in [0.5, 0.6) is 0 Å². The Balaban J connectivity index is 1.30. The van der Waals surface area contributed by atoms with Gasteiger partial charge in [0.1, 0.15) is 6.61 Å². The van der Waals surface area contributed by atoms with Gasteiger partial charge in [-0.3, -0.25) is 9.59 Å². The molecule has 7 heteroatoms. The fraction of sp³-hybridized carbons (Fsp3) is 0.464. The Hall–Kier alpha value is -3.35. The first-order chi connectivity index (χ1) is 16.8. The van der Waals surface area contributed by atoms with E-state index >= 15 is 0 Å². The second kappa shape index (κ2) is 10.9. The minimum atomic E-state index is -0.838. The van der Waals surface area contributed by atoms with E-state index in [4.69, 9.17) is 4.74 Å². The standard InChI is InChI=1S/C28H34N2O5/c1-17(27(33)30-25-14-8-3-9-19(25)15-26(31)32)18(2)29-28(34)35-16-24-22-12-6-4-10-20(22)21-11-5-7-13-23(21)24/h4-7,10-13,17-19,24-25H,3,8-9,14-16H2,1-2H3,(H,29,34)(H,30,33)(H,31,32). The number of hydrogen-bond donors (Lipinski definition) is 3. The molecule has 35 heavy (non-hydrogen) atoms. The number of carbonyl (C=O) groups excluding carboxylic acids is 2. The topological polar surface area (TPSA) is 105 Å². The van der Waals surface area contributed by atoms with Crippen molar-refractivity contribution in [1.82, 2.24) is 10.6 Å². The Morgan fingerprint density at radius 3 is 2.20 bits per heavy atom. The van der Waals surface area contributed by atoms with Gasteiger partial charge in [-0.05, 0) is 47.9 Å². The van der Waals surface area contributed by atoms with Gasteiger partial charge in [-0.1, -0.05) is 68.3 Å². The van der Waals surface area contributed by atoms with Crippen molar-refractivity contribution < 1.29 is 24.2 Å². The molecule has 2 amide bonds. The molecule has 2 aromatic rings. The first-order valence-corrected chi connectivity index (χ1v) is 12.5. The van der Waals surface area contributed by atoms with Crippen LogP contribution in [-0.4, -0.2) is 41.8 Å². The number of amides is 2. The first kappa shape index (κ1) is 24.8. The predicted molar refractivity (Wildman–Crippen MR) is 133 cm³/mol. The van der Waals surface area contributed by atoms with E-state index in [1.165, 1.54) is 11.1 Å². The van der Waals surface area contributed by atoms with Crippen LogP contribution in [0.3, 0.4) is 0 Å². The van der Waals surface area contributed by atoms with Crippen molar-refractivity contribution in [3.63, 3.8) is 0 Å². The molecular formula is C28H34N2O5. The molecule has 0 aromatic heterocycles. The Bertz CT molecular complexity index is 1040. The molecule has 4 atom stereocenters. The van der Waals surface area contributed by atoms with E-state index in [2.05, 4.69) is 34.9 Å². The first-order valence-electron chi connectivity index (χ1n) is 12.5. The summed E-state index contributed by atoms with van der Waals surface area (Å²) >= 11 is 0. The van der Waals surface area contributed by atoms with Gasteiger partial charge >= 0.3 is 12.1 Å². The normalized spacial score (nSPS) is 20.7. The quantitative estimate of drug-likeness (QED) is 0.510. The lowest BCUT2D eigenvalue weighted by atomic mass is 9.82. The lowest BCUT2D eigenvalue weighted by molar-refractivity contribution is -0.139. The van der Waals surface area contributed by atoms with Crippen molar-refractivity contribution in [3.8, 4) is 11.1 Å². The van der Waals surface area contributed by atoms with Crippen molar-refractivity contribution in [3.05, 3.63) is 59.7 Å².